The third-order valence-electron chi connectivity index (χ3n) is 2.69. The van der Waals surface area contributed by atoms with Crippen LogP contribution in [0.1, 0.15) is 33.3 Å². The van der Waals surface area contributed by atoms with E-state index < -0.39 is 6.10 Å². The molecule has 0 fully saturated rings. The maximum Gasteiger partial charge on any atom is 0.167 e. The van der Waals surface area contributed by atoms with E-state index in [1.165, 1.54) is 5.56 Å². The highest BCUT2D eigenvalue weighted by molar-refractivity contribution is 7.80. The zero-order valence-corrected chi connectivity index (χ0v) is 12.9. The molecule has 0 saturated heterocycles. The summed E-state index contributed by atoms with van der Waals surface area (Å²) in [5.41, 5.74) is 1.10. The van der Waals surface area contributed by atoms with E-state index in [1.54, 1.807) is 6.92 Å². The number of nitrogens with one attached hydrogen (secondary N) is 2. The topological polar surface area (TPSA) is 44.3 Å². The second kappa shape index (κ2) is 6.87. The van der Waals surface area contributed by atoms with Crippen molar-refractivity contribution in [3.63, 3.8) is 0 Å². The lowest BCUT2D eigenvalue weighted by atomic mass is 10.0. The van der Waals surface area contributed by atoms with Crippen molar-refractivity contribution >= 4 is 17.3 Å². The van der Waals surface area contributed by atoms with Gasteiger partial charge in [-0.25, -0.2) is 0 Å². The molecule has 0 amide bonds. The molecular formula is C15H24N2OS. The molecule has 0 aliphatic carbocycles. The van der Waals surface area contributed by atoms with Gasteiger partial charge < -0.3 is 15.7 Å². The Morgan fingerprint density at radius 3 is 2.32 bits per heavy atom. The van der Waals surface area contributed by atoms with Crippen LogP contribution in [0.4, 0.5) is 0 Å². The van der Waals surface area contributed by atoms with E-state index in [0.29, 0.717) is 5.11 Å². The van der Waals surface area contributed by atoms with Crippen LogP contribution in [0.25, 0.3) is 0 Å². The van der Waals surface area contributed by atoms with Gasteiger partial charge in [-0.15, -0.1) is 0 Å². The zero-order valence-electron chi connectivity index (χ0n) is 12.1. The van der Waals surface area contributed by atoms with Gasteiger partial charge in [0, 0.05) is 5.54 Å². The van der Waals surface area contributed by atoms with Crippen LogP contribution < -0.4 is 10.6 Å². The maximum atomic E-state index is 9.87. The zero-order chi connectivity index (χ0) is 14.5. The third-order valence-corrected chi connectivity index (χ3v) is 2.91. The van der Waals surface area contributed by atoms with E-state index in [4.69, 9.17) is 12.2 Å². The fourth-order valence-electron chi connectivity index (χ4n) is 1.76. The Kier molecular flexibility index (Phi) is 5.76. The number of hydrogen-bond acceptors (Lipinski definition) is 2. The van der Waals surface area contributed by atoms with Crippen LogP contribution in [0.3, 0.4) is 0 Å². The van der Waals surface area contributed by atoms with E-state index in [1.807, 2.05) is 18.2 Å². The third kappa shape index (κ3) is 6.55. The molecule has 106 valence electrons. The van der Waals surface area contributed by atoms with Crippen molar-refractivity contribution in [3.8, 4) is 0 Å². The molecule has 0 bridgehead atoms. The van der Waals surface area contributed by atoms with Gasteiger partial charge in [0.05, 0.1) is 12.1 Å². The van der Waals surface area contributed by atoms with Crippen LogP contribution in [0, 0.1) is 0 Å². The molecule has 1 rings (SSSR count). The van der Waals surface area contributed by atoms with E-state index in [-0.39, 0.29) is 11.6 Å². The minimum Gasteiger partial charge on any atom is -0.391 e. The summed E-state index contributed by atoms with van der Waals surface area (Å²) >= 11 is 5.28. The Hall–Kier alpha value is -1.13. The van der Waals surface area contributed by atoms with Gasteiger partial charge in [0.25, 0.3) is 0 Å². The number of rotatable bonds is 4. The molecule has 4 heteroatoms. The maximum absolute atomic E-state index is 9.87. The molecule has 0 saturated carbocycles. The minimum atomic E-state index is -0.472. The summed E-state index contributed by atoms with van der Waals surface area (Å²) in [6.45, 7) is 7.93. The highest BCUT2D eigenvalue weighted by atomic mass is 32.1. The van der Waals surface area contributed by atoms with Crippen molar-refractivity contribution in [1.82, 2.24) is 10.6 Å². The van der Waals surface area contributed by atoms with Crippen LogP contribution in [-0.4, -0.2) is 27.9 Å². The molecule has 0 unspecified atom stereocenters. The van der Waals surface area contributed by atoms with E-state index in [0.717, 1.165) is 6.42 Å². The second-order valence-electron chi connectivity index (χ2n) is 5.89. The van der Waals surface area contributed by atoms with Gasteiger partial charge >= 0.3 is 0 Å². The summed E-state index contributed by atoms with van der Waals surface area (Å²) in [5, 5.41) is 16.8. The smallest absolute Gasteiger partial charge is 0.167 e. The first-order valence-electron chi connectivity index (χ1n) is 6.58. The molecule has 3 N–H and O–H groups in total. The van der Waals surface area contributed by atoms with Gasteiger partial charge in [0.2, 0.25) is 0 Å². The van der Waals surface area contributed by atoms with E-state index >= 15 is 0 Å². The van der Waals surface area contributed by atoms with Gasteiger partial charge in [-0.3, -0.25) is 0 Å². The average Bonchev–Trinajstić information content (AvgIpc) is 2.26. The predicted molar refractivity (Wildman–Crippen MR) is 84.2 cm³/mol. The predicted octanol–water partition coefficient (Wildman–Crippen LogP) is 2.24. The Morgan fingerprint density at radius 1 is 1.26 bits per heavy atom. The minimum absolute atomic E-state index is 0.0833. The lowest BCUT2D eigenvalue weighted by Crippen LogP contribution is -2.52. The average molecular weight is 280 g/mol. The molecule has 1 aromatic carbocycles. The van der Waals surface area contributed by atoms with Crippen molar-refractivity contribution in [2.24, 2.45) is 0 Å². The molecule has 0 spiro atoms. The summed E-state index contributed by atoms with van der Waals surface area (Å²) in [4.78, 5) is 0. The lowest BCUT2D eigenvalue weighted by molar-refractivity contribution is 0.154. The Morgan fingerprint density at radius 2 is 1.84 bits per heavy atom. The standard InChI is InChI=1S/C15H24N2OS/c1-11(18)13(10-12-8-6-5-7-9-12)16-14(19)17-15(2,3)4/h5-9,11,13,18H,10H2,1-4H3,(H2,16,17,19)/t11-,13+/m0/s1. The second-order valence-corrected chi connectivity index (χ2v) is 6.29. The van der Waals surface area contributed by atoms with Gasteiger partial charge in [-0.1, -0.05) is 30.3 Å². The fraction of sp³-hybridized carbons (Fsp3) is 0.533. The summed E-state index contributed by atoms with van der Waals surface area (Å²) in [5.74, 6) is 0. The lowest BCUT2D eigenvalue weighted by Gasteiger charge is -2.28. The molecule has 0 aromatic heterocycles. The molecule has 0 heterocycles. The summed E-state index contributed by atoms with van der Waals surface area (Å²) < 4.78 is 0. The summed E-state index contributed by atoms with van der Waals surface area (Å²) in [6, 6.07) is 10.00. The van der Waals surface area contributed by atoms with Crippen molar-refractivity contribution in [1.29, 1.82) is 0 Å². The van der Waals surface area contributed by atoms with Crippen LogP contribution >= 0.6 is 12.2 Å². The fourth-order valence-corrected chi connectivity index (χ4v) is 2.21. The number of benzene rings is 1. The first-order valence-corrected chi connectivity index (χ1v) is 6.99. The van der Waals surface area contributed by atoms with Crippen LogP contribution in [0.15, 0.2) is 30.3 Å². The van der Waals surface area contributed by atoms with Crippen LogP contribution in [0.2, 0.25) is 0 Å². The normalized spacial score (nSPS) is 14.6. The Balaban J connectivity index is 2.61. The molecule has 0 aliphatic heterocycles. The Labute approximate surface area is 121 Å². The molecule has 1 aromatic rings. The van der Waals surface area contributed by atoms with Crippen molar-refractivity contribution in [2.75, 3.05) is 0 Å². The largest absolute Gasteiger partial charge is 0.391 e. The first kappa shape index (κ1) is 15.9. The monoisotopic (exact) mass is 280 g/mol. The molecular weight excluding hydrogens is 256 g/mol. The van der Waals surface area contributed by atoms with Gasteiger partial charge in [0.15, 0.2) is 5.11 Å². The van der Waals surface area contributed by atoms with E-state index in [9.17, 15) is 5.11 Å². The molecule has 0 aliphatic rings. The number of hydrogen-bond donors (Lipinski definition) is 3. The molecule has 2 atom stereocenters. The van der Waals surface area contributed by atoms with Crippen LogP contribution in [-0.2, 0) is 6.42 Å². The molecule has 19 heavy (non-hydrogen) atoms. The van der Waals surface area contributed by atoms with Gasteiger partial charge in [-0.2, -0.15) is 0 Å². The van der Waals surface area contributed by atoms with Gasteiger partial charge in [-0.05, 0) is 51.9 Å². The molecule has 0 radical (unpaired) electrons. The van der Waals surface area contributed by atoms with Crippen molar-refractivity contribution in [3.05, 3.63) is 35.9 Å². The number of thiocarbonyl (C=S) groups is 1. The highest BCUT2D eigenvalue weighted by Crippen LogP contribution is 2.07. The molecule has 3 nitrogen and oxygen atoms in total. The SMILES string of the molecule is C[C@H](O)[C@@H](Cc1ccccc1)NC(=S)NC(C)(C)C. The van der Waals surface area contributed by atoms with Crippen LogP contribution in [0.5, 0.6) is 0 Å². The number of aliphatic hydroxyl groups is 1. The Bertz CT molecular complexity index is 398. The summed E-state index contributed by atoms with van der Waals surface area (Å²) in [7, 11) is 0. The number of aliphatic hydroxyl groups excluding tert-OH is 1. The first-order chi connectivity index (χ1) is 8.78. The van der Waals surface area contributed by atoms with Gasteiger partial charge in [0.1, 0.15) is 0 Å². The summed E-state index contributed by atoms with van der Waals surface area (Å²) in [6.07, 6.45) is 0.268. The highest BCUT2D eigenvalue weighted by Gasteiger charge is 2.18. The van der Waals surface area contributed by atoms with E-state index in [2.05, 4.69) is 43.5 Å². The van der Waals surface area contributed by atoms with Crippen molar-refractivity contribution in [2.45, 2.75) is 51.8 Å². The van der Waals surface area contributed by atoms with Crippen molar-refractivity contribution < 1.29 is 5.11 Å². The quantitative estimate of drug-likeness (QED) is 0.740.